The highest BCUT2D eigenvalue weighted by molar-refractivity contribution is 6.32. The number of carbonyl (C=O) groups is 2. The minimum Gasteiger partial charge on any atom is -0.495 e. The van der Waals surface area contributed by atoms with Crippen LogP contribution in [0.2, 0.25) is 5.02 Å². The Morgan fingerprint density at radius 1 is 1.04 bits per heavy atom. The summed E-state index contributed by atoms with van der Waals surface area (Å²) >= 11 is 6.05. The topological polar surface area (TPSA) is 73.9 Å². The Morgan fingerprint density at radius 2 is 1.68 bits per heavy atom. The molecule has 0 spiro atoms. The van der Waals surface area contributed by atoms with E-state index in [0.29, 0.717) is 27.8 Å². The molecule has 0 heterocycles. The lowest BCUT2D eigenvalue weighted by Gasteiger charge is -2.13. The van der Waals surface area contributed by atoms with Gasteiger partial charge in [0.25, 0.3) is 5.91 Å². The van der Waals surface area contributed by atoms with Crippen LogP contribution in [0.3, 0.4) is 0 Å². The molecule has 2 aromatic carbocycles. The van der Waals surface area contributed by atoms with E-state index in [1.165, 1.54) is 20.3 Å². The summed E-state index contributed by atoms with van der Waals surface area (Å²) in [4.78, 5) is 23.9. The number of ether oxygens (including phenoxy) is 3. The van der Waals surface area contributed by atoms with Crippen molar-refractivity contribution in [2.75, 3.05) is 26.1 Å². The van der Waals surface area contributed by atoms with Gasteiger partial charge in [0.15, 0.2) is 6.61 Å². The molecule has 7 heteroatoms. The van der Waals surface area contributed by atoms with Crippen LogP contribution in [-0.4, -0.2) is 32.7 Å². The Kier molecular flexibility index (Phi) is 6.25. The van der Waals surface area contributed by atoms with Crippen molar-refractivity contribution >= 4 is 29.2 Å². The van der Waals surface area contributed by atoms with Crippen LogP contribution in [0.4, 0.5) is 5.69 Å². The van der Waals surface area contributed by atoms with Crippen molar-refractivity contribution < 1.29 is 23.8 Å². The van der Waals surface area contributed by atoms with Gasteiger partial charge in [-0.15, -0.1) is 0 Å². The standard InChI is InChI=1S/C18H18ClNO5/c1-11-4-6-12(7-5-11)18(22)25-10-17(21)20-14-8-13(19)15(23-2)9-16(14)24-3/h4-9H,10H2,1-3H3,(H,20,21). The number of hydrogen-bond acceptors (Lipinski definition) is 5. The lowest BCUT2D eigenvalue weighted by molar-refractivity contribution is -0.119. The quantitative estimate of drug-likeness (QED) is 0.795. The number of hydrogen-bond donors (Lipinski definition) is 1. The van der Waals surface area contributed by atoms with E-state index in [1.807, 2.05) is 6.92 Å². The number of amides is 1. The molecule has 0 saturated carbocycles. The highest BCUT2D eigenvalue weighted by Crippen LogP contribution is 2.35. The normalized spacial score (nSPS) is 10.1. The van der Waals surface area contributed by atoms with Crippen LogP contribution in [0.15, 0.2) is 36.4 Å². The summed E-state index contributed by atoms with van der Waals surface area (Å²) in [5, 5.41) is 2.90. The molecule has 0 radical (unpaired) electrons. The molecule has 0 aliphatic rings. The van der Waals surface area contributed by atoms with Gasteiger partial charge in [0.05, 0.1) is 30.5 Å². The van der Waals surface area contributed by atoms with E-state index in [4.69, 9.17) is 25.8 Å². The number of rotatable bonds is 6. The first-order valence-corrected chi connectivity index (χ1v) is 7.77. The molecule has 6 nitrogen and oxygen atoms in total. The van der Waals surface area contributed by atoms with Crippen molar-refractivity contribution in [2.45, 2.75) is 6.92 Å². The molecule has 0 aliphatic carbocycles. The molecule has 1 N–H and O–H groups in total. The van der Waals surface area contributed by atoms with Gasteiger partial charge >= 0.3 is 5.97 Å². The number of aryl methyl sites for hydroxylation is 1. The number of methoxy groups -OCH3 is 2. The fourth-order valence-corrected chi connectivity index (χ4v) is 2.29. The zero-order valence-electron chi connectivity index (χ0n) is 14.1. The first-order valence-electron chi connectivity index (χ1n) is 7.39. The molecule has 1 amide bonds. The van der Waals surface area contributed by atoms with Crippen LogP contribution in [0.25, 0.3) is 0 Å². The van der Waals surface area contributed by atoms with Crippen molar-refractivity contribution in [2.24, 2.45) is 0 Å². The average Bonchev–Trinajstić information content (AvgIpc) is 2.60. The third-order valence-corrected chi connectivity index (χ3v) is 3.67. The molecular weight excluding hydrogens is 346 g/mol. The lowest BCUT2D eigenvalue weighted by atomic mass is 10.1. The Morgan fingerprint density at radius 3 is 2.28 bits per heavy atom. The van der Waals surface area contributed by atoms with Crippen molar-refractivity contribution in [3.8, 4) is 11.5 Å². The Hall–Kier alpha value is -2.73. The van der Waals surface area contributed by atoms with Gasteiger partial charge in [-0.3, -0.25) is 4.79 Å². The fourth-order valence-electron chi connectivity index (χ4n) is 2.05. The molecule has 0 aliphatic heterocycles. The Labute approximate surface area is 150 Å². The van der Waals surface area contributed by atoms with Gasteiger partial charge in [-0.1, -0.05) is 29.3 Å². The average molecular weight is 364 g/mol. The van der Waals surface area contributed by atoms with Crippen LogP contribution < -0.4 is 14.8 Å². The summed E-state index contributed by atoms with van der Waals surface area (Å²) in [6.07, 6.45) is 0. The molecule has 2 aromatic rings. The monoisotopic (exact) mass is 363 g/mol. The van der Waals surface area contributed by atoms with Crippen LogP contribution in [0, 0.1) is 6.92 Å². The van der Waals surface area contributed by atoms with Gasteiger partial charge in [0.1, 0.15) is 11.5 Å². The van der Waals surface area contributed by atoms with E-state index < -0.39 is 18.5 Å². The maximum Gasteiger partial charge on any atom is 0.338 e. The van der Waals surface area contributed by atoms with Gasteiger partial charge in [-0.2, -0.15) is 0 Å². The molecule has 0 saturated heterocycles. The van der Waals surface area contributed by atoms with Crippen molar-refractivity contribution in [1.29, 1.82) is 0 Å². The molecule has 132 valence electrons. The second kappa shape index (κ2) is 8.39. The van der Waals surface area contributed by atoms with Gasteiger partial charge < -0.3 is 19.5 Å². The van der Waals surface area contributed by atoms with Crippen molar-refractivity contribution in [3.63, 3.8) is 0 Å². The number of benzene rings is 2. The molecule has 0 unspecified atom stereocenters. The van der Waals surface area contributed by atoms with E-state index in [9.17, 15) is 9.59 Å². The van der Waals surface area contributed by atoms with Gasteiger partial charge in [-0.05, 0) is 25.1 Å². The number of halogens is 1. The number of nitrogens with one attached hydrogen (secondary N) is 1. The minimum atomic E-state index is -0.574. The van der Waals surface area contributed by atoms with Gasteiger partial charge in [-0.25, -0.2) is 4.79 Å². The lowest BCUT2D eigenvalue weighted by Crippen LogP contribution is -2.21. The molecule has 2 rings (SSSR count). The van der Waals surface area contributed by atoms with Gasteiger partial charge in [0, 0.05) is 6.07 Å². The zero-order chi connectivity index (χ0) is 18.4. The molecule has 0 fully saturated rings. The first-order chi connectivity index (χ1) is 11.9. The third-order valence-electron chi connectivity index (χ3n) is 3.37. The highest BCUT2D eigenvalue weighted by atomic mass is 35.5. The predicted octanol–water partition coefficient (Wildman–Crippen LogP) is 3.46. The number of esters is 1. The second-order valence-corrected chi connectivity index (χ2v) is 5.58. The second-order valence-electron chi connectivity index (χ2n) is 5.18. The highest BCUT2D eigenvalue weighted by Gasteiger charge is 2.14. The van der Waals surface area contributed by atoms with E-state index >= 15 is 0 Å². The van der Waals surface area contributed by atoms with E-state index in [0.717, 1.165) is 5.56 Å². The van der Waals surface area contributed by atoms with Crippen molar-refractivity contribution in [3.05, 3.63) is 52.5 Å². The van der Waals surface area contributed by atoms with Crippen molar-refractivity contribution in [1.82, 2.24) is 0 Å². The van der Waals surface area contributed by atoms with Crippen LogP contribution >= 0.6 is 11.6 Å². The Bertz CT molecular complexity index is 774. The maximum absolute atomic E-state index is 12.0. The number of carbonyl (C=O) groups excluding carboxylic acids is 2. The van der Waals surface area contributed by atoms with E-state index in [1.54, 1.807) is 30.3 Å². The van der Waals surface area contributed by atoms with E-state index in [2.05, 4.69) is 5.32 Å². The largest absolute Gasteiger partial charge is 0.495 e. The predicted molar refractivity (Wildman–Crippen MR) is 94.6 cm³/mol. The summed E-state index contributed by atoms with van der Waals surface area (Å²) in [6.45, 7) is 1.48. The van der Waals surface area contributed by atoms with E-state index in [-0.39, 0.29) is 0 Å². The minimum absolute atomic E-state index is 0.315. The van der Waals surface area contributed by atoms with Crippen LogP contribution in [0.5, 0.6) is 11.5 Å². The Balaban J connectivity index is 1.99. The fraction of sp³-hybridized carbons (Fsp3) is 0.222. The number of anilines is 1. The maximum atomic E-state index is 12.0. The van der Waals surface area contributed by atoms with Crippen LogP contribution in [0.1, 0.15) is 15.9 Å². The molecule has 0 atom stereocenters. The molecular formula is C18H18ClNO5. The summed E-state index contributed by atoms with van der Waals surface area (Å²) in [5.74, 6) is -0.295. The SMILES string of the molecule is COc1cc(OC)c(NC(=O)COC(=O)c2ccc(C)cc2)cc1Cl. The van der Waals surface area contributed by atoms with Crippen LogP contribution in [-0.2, 0) is 9.53 Å². The summed E-state index contributed by atoms with van der Waals surface area (Å²) in [6, 6.07) is 9.92. The first kappa shape index (κ1) is 18.6. The summed E-state index contributed by atoms with van der Waals surface area (Å²) < 4.78 is 15.3. The molecule has 0 aromatic heterocycles. The molecule has 25 heavy (non-hydrogen) atoms. The summed E-state index contributed by atoms with van der Waals surface area (Å²) in [5.41, 5.74) is 1.76. The smallest absolute Gasteiger partial charge is 0.338 e. The van der Waals surface area contributed by atoms with Gasteiger partial charge in [0.2, 0.25) is 0 Å². The zero-order valence-corrected chi connectivity index (χ0v) is 14.8. The molecule has 0 bridgehead atoms. The third kappa shape index (κ3) is 4.87. The summed E-state index contributed by atoms with van der Waals surface area (Å²) in [7, 11) is 2.93.